The minimum absolute atomic E-state index is 0.0282. The Morgan fingerprint density at radius 2 is 1.77 bits per heavy atom. The number of carbonyl (C=O) groups excluding carboxylic acids is 1. The zero-order valence-electron chi connectivity index (χ0n) is 12.4. The normalized spacial score (nSPS) is 11.7. The molecule has 6 heteroatoms. The smallest absolute Gasteiger partial charge is 0.339 e. The molecule has 22 heavy (non-hydrogen) atoms. The highest BCUT2D eigenvalue weighted by Crippen LogP contribution is 2.16. The van der Waals surface area contributed by atoms with Gasteiger partial charge in [-0.3, -0.25) is 4.79 Å². The molecule has 0 fully saturated rings. The van der Waals surface area contributed by atoms with Crippen LogP contribution in [0.5, 0.6) is 0 Å². The monoisotopic (exact) mass is 308 g/mol. The fourth-order valence-electron chi connectivity index (χ4n) is 2.10. The number of esters is 1. The van der Waals surface area contributed by atoms with E-state index in [2.05, 4.69) is 0 Å². The Morgan fingerprint density at radius 1 is 1.14 bits per heavy atom. The van der Waals surface area contributed by atoms with Crippen molar-refractivity contribution < 1.29 is 29.3 Å². The quantitative estimate of drug-likeness (QED) is 0.680. The Labute approximate surface area is 128 Å². The minimum Gasteiger partial charge on any atom is -0.481 e. The zero-order chi connectivity index (χ0) is 16.5. The number of aromatic carboxylic acids is 1. The number of hydrogen-bond donors (Lipinski definition) is 2. The van der Waals surface area contributed by atoms with Gasteiger partial charge in [-0.1, -0.05) is 31.9 Å². The third-order valence-corrected chi connectivity index (χ3v) is 3.26. The summed E-state index contributed by atoms with van der Waals surface area (Å²) in [5.74, 6) is -3.16. The van der Waals surface area contributed by atoms with Gasteiger partial charge >= 0.3 is 17.9 Å². The molecule has 0 amide bonds. The lowest BCUT2D eigenvalue weighted by Crippen LogP contribution is -2.19. The van der Waals surface area contributed by atoms with Gasteiger partial charge in [-0.25, -0.2) is 9.59 Å². The second kappa shape index (κ2) is 8.81. The predicted molar refractivity (Wildman–Crippen MR) is 79.0 cm³/mol. The van der Waals surface area contributed by atoms with Gasteiger partial charge in [0.25, 0.3) is 0 Å². The molecule has 0 aliphatic carbocycles. The van der Waals surface area contributed by atoms with Gasteiger partial charge in [0.15, 0.2) is 0 Å². The highest BCUT2D eigenvalue weighted by atomic mass is 16.5. The van der Waals surface area contributed by atoms with Crippen molar-refractivity contribution in [1.29, 1.82) is 0 Å². The van der Waals surface area contributed by atoms with E-state index in [1.165, 1.54) is 18.2 Å². The number of unbranched alkanes of at least 4 members (excludes halogenated alkanes) is 1. The summed E-state index contributed by atoms with van der Waals surface area (Å²) in [7, 11) is 0. The van der Waals surface area contributed by atoms with E-state index >= 15 is 0 Å². The van der Waals surface area contributed by atoms with Gasteiger partial charge in [0.1, 0.15) is 0 Å². The molecule has 0 radical (unpaired) electrons. The third kappa shape index (κ3) is 5.55. The number of hydrogen-bond acceptors (Lipinski definition) is 4. The molecule has 0 aliphatic heterocycles. The highest BCUT2D eigenvalue weighted by Gasteiger charge is 2.20. The summed E-state index contributed by atoms with van der Waals surface area (Å²) in [6.45, 7) is 1.96. The number of carboxylic acid groups (broad SMARTS) is 2. The van der Waals surface area contributed by atoms with Gasteiger partial charge in [-0.05, 0) is 18.6 Å². The van der Waals surface area contributed by atoms with Gasteiger partial charge in [0.2, 0.25) is 0 Å². The Morgan fingerprint density at radius 3 is 2.32 bits per heavy atom. The van der Waals surface area contributed by atoms with E-state index in [9.17, 15) is 14.4 Å². The Kier molecular flexibility index (Phi) is 7.08. The van der Waals surface area contributed by atoms with Crippen LogP contribution >= 0.6 is 0 Å². The molecule has 1 aromatic rings. The average Bonchev–Trinajstić information content (AvgIpc) is 2.49. The first-order chi connectivity index (χ1) is 10.5. The van der Waals surface area contributed by atoms with E-state index in [1.54, 1.807) is 6.07 Å². The van der Waals surface area contributed by atoms with Gasteiger partial charge in [-0.2, -0.15) is 0 Å². The van der Waals surface area contributed by atoms with Crippen molar-refractivity contribution in [2.24, 2.45) is 5.92 Å². The molecular formula is C16H20O6. The van der Waals surface area contributed by atoms with Crippen molar-refractivity contribution in [3.05, 3.63) is 35.4 Å². The number of carbonyl (C=O) groups is 3. The summed E-state index contributed by atoms with van der Waals surface area (Å²) in [4.78, 5) is 33.9. The number of carboxylic acids is 2. The van der Waals surface area contributed by atoms with E-state index in [0.29, 0.717) is 6.42 Å². The summed E-state index contributed by atoms with van der Waals surface area (Å²) in [5.41, 5.74) is -0.157. The molecule has 1 atom stereocenters. The summed E-state index contributed by atoms with van der Waals surface area (Å²) in [5, 5.41) is 17.9. The number of rotatable bonds is 9. The van der Waals surface area contributed by atoms with Crippen molar-refractivity contribution in [2.75, 3.05) is 6.61 Å². The number of ether oxygens (including phenoxy) is 1. The average molecular weight is 308 g/mol. The maximum absolute atomic E-state index is 12.0. The standard InChI is InChI=1S/C16H20O6/c1-2-3-6-11(9-14(17)18)10-22-16(21)13-8-5-4-7-12(13)15(19)20/h4-5,7-8,11H,2-3,6,9-10H2,1H3,(H,17,18)(H,19,20)/t11-/m1/s1. The summed E-state index contributed by atoms with van der Waals surface area (Å²) in [6.07, 6.45) is 2.34. The SMILES string of the molecule is CCCC[C@@H](COC(=O)c1ccccc1C(=O)O)CC(=O)O. The molecule has 1 aromatic carbocycles. The molecule has 0 aromatic heterocycles. The molecule has 0 unspecified atom stereocenters. The summed E-state index contributed by atoms with van der Waals surface area (Å²) < 4.78 is 5.11. The van der Waals surface area contributed by atoms with Gasteiger partial charge < -0.3 is 14.9 Å². The lowest BCUT2D eigenvalue weighted by molar-refractivity contribution is -0.138. The predicted octanol–water partition coefficient (Wildman–Crippen LogP) is 2.82. The number of benzene rings is 1. The van der Waals surface area contributed by atoms with Crippen LogP contribution in [-0.2, 0) is 9.53 Å². The number of aliphatic carboxylic acids is 1. The summed E-state index contributed by atoms with van der Waals surface area (Å²) in [6, 6.07) is 5.78. The first kappa shape index (κ1) is 17.7. The van der Waals surface area contributed by atoms with Gasteiger partial charge in [-0.15, -0.1) is 0 Å². The fourth-order valence-corrected chi connectivity index (χ4v) is 2.10. The molecular weight excluding hydrogens is 288 g/mol. The van der Waals surface area contributed by atoms with Crippen LogP contribution in [0.15, 0.2) is 24.3 Å². The topological polar surface area (TPSA) is 101 Å². The molecule has 0 bridgehead atoms. The largest absolute Gasteiger partial charge is 0.481 e. The van der Waals surface area contributed by atoms with Crippen LogP contribution in [0.25, 0.3) is 0 Å². The van der Waals surface area contributed by atoms with Crippen molar-refractivity contribution in [3.8, 4) is 0 Å². The first-order valence-corrected chi connectivity index (χ1v) is 7.17. The lowest BCUT2D eigenvalue weighted by Gasteiger charge is -2.15. The van der Waals surface area contributed by atoms with Gasteiger partial charge in [0, 0.05) is 5.92 Å². The van der Waals surface area contributed by atoms with Crippen LogP contribution < -0.4 is 0 Å². The highest BCUT2D eigenvalue weighted by molar-refractivity contribution is 6.02. The molecule has 120 valence electrons. The van der Waals surface area contributed by atoms with E-state index in [0.717, 1.165) is 12.8 Å². The van der Waals surface area contributed by atoms with Crippen LogP contribution in [0.4, 0.5) is 0 Å². The van der Waals surface area contributed by atoms with Gasteiger partial charge in [0.05, 0.1) is 24.2 Å². The molecule has 0 heterocycles. The second-order valence-corrected chi connectivity index (χ2v) is 5.06. The lowest BCUT2D eigenvalue weighted by atomic mass is 9.99. The molecule has 6 nitrogen and oxygen atoms in total. The Bertz CT molecular complexity index is 537. The van der Waals surface area contributed by atoms with Crippen LogP contribution in [0.3, 0.4) is 0 Å². The van der Waals surface area contributed by atoms with Crippen molar-refractivity contribution in [3.63, 3.8) is 0 Å². The first-order valence-electron chi connectivity index (χ1n) is 7.17. The molecule has 0 spiro atoms. The maximum Gasteiger partial charge on any atom is 0.339 e. The Hall–Kier alpha value is -2.37. The van der Waals surface area contributed by atoms with E-state index in [4.69, 9.17) is 14.9 Å². The van der Waals surface area contributed by atoms with E-state index < -0.39 is 17.9 Å². The van der Waals surface area contributed by atoms with Crippen LogP contribution in [0, 0.1) is 5.92 Å². The Balaban J connectivity index is 2.70. The van der Waals surface area contributed by atoms with Crippen molar-refractivity contribution in [2.45, 2.75) is 32.6 Å². The van der Waals surface area contributed by atoms with E-state index in [1.807, 2.05) is 6.92 Å². The second-order valence-electron chi connectivity index (χ2n) is 5.06. The molecule has 1 rings (SSSR count). The summed E-state index contributed by atoms with van der Waals surface area (Å²) >= 11 is 0. The molecule has 2 N–H and O–H groups in total. The van der Waals surface area contributed by atoms with Crippen molar-refractivity contribution >= 4 is 17.9 Å². The van der Waals surface area contributed by atoms with E-state index in [-0.39, 0.29) is 30.1 Å². The minimum atomic E-state index is -1.21. The van der Waals surface area contributed by atoms with Crippen LogP contribution in [-0.4, -0.2) is 34.7 Å². The van der Waals surface area contributed by atoms with Crippen LogP contribution in [0.2, 0.25) is 0 Å². The van der Waals surface area contributed by atoms with Crippen molar-refractivity contribution in [1.82, 2.24) is 0 Å². The third-order valence-electron chi connectivity index (χ3n) is 3.26. The fraction of sp³-hybridized carbons (Fsp3) is 0.438. The molecule has 0 saturated carbocycles. The zero-order valence-corrected chi connectivity index (χ0v) is 12.4. The molecule has 0 aliphatic rings. The molecule has 0 saturated heterocycles. The maximum atomic E-state index is 12.0. The van der Waals surface area contributed by atoms with Crippen LogP contribution in [0.1, 0.15) is 53.3 Å².